The van der Waals surface area contributed by atoms with E-state index in [9.17, 15) is 9.59 Å². The largest absolute Gasteiger partial charge is 0.494 e. The lowest BCUT2D eigenvalue weighted by atomic mass is 10.1. The summed E-state index contributed by atoms with van der Waals surface area (Å²) >= 11 is 0. The molecule has 0 radical (unpaired) electrons. The van der Waals surface area contributed by atoms with Crippen molar-refractivity contribution in [2.24, 2.45) is 0 Å². The second kappa shape index (κ2) is 10.7. The first kappa shape index (κ1) is 20.1. The molecule has 0 fully saturated rings. The Kier molecular flexibility index (Phi) is 7.92. The number of nitrogens with one attached hydrogen (secondary N) is 2. The average Bonchev–Trinajstić information content (AvgIpc) is 2.71. The molecule has 2 N–H and O–H groups in total. The molecule has 0 heterocycles. The molecule has 0 spiro atoms. The van der Waals surface area contributed by atoms with Gasteiger partial charge in [-0.3, -0.25) is 9.59 Å². The minimum Gasteiger partial charge on any atom is -0.494 e. The molecule has 0 aliphatic carbocycles. The van der Waals surface area contributed by atoms with Gasteiger partial charge >= 0.3 is 0 Å². The third-order valence-corrected chi connectivity index (χ3v) is 3.84. The minimum absolute atomic E-state index is 0.190. The Bertz CT molecular complexity index is 833. The van der Waals surface area contributed by atoms with Crippen LogP contribution in [0.4, 0.5) is 0 Å². The summed E-state index contributed by atoms with van der Waals surface area (Å²) < 4.78 is 5.58. The molecule has 0 aromatic heterocycles. The van der Waals surface area contributed by atoms with E-state index in [4.69, 9.17) is 4.74 Å². The van der Waals surface area contributed by atoms with Gasteiger partial charge in [0.1, 0.15) is 5.75 Å². The van der Waals surface area contributed by atoms with Crippen LogP contribution in [0.25, 0.3) is 0 Å². The monoisotopic (exact) mass is 364 g/mol. The maximum Gasteiger partial charge on any atom is 0.252 e. The number of benzene rings is 2. The summed E-state index contributed by atoms with van der Waals surface area (Å²) in [5.41, 5.74) is 1.68. The molecule has 2 aromatic rings. The van der Waals surface area contributed by atoms with Gasteiger partial charge in [0, 0.05) is 18.2 Å². The molecule has 0 aliphatic rings. The Morgan fingerprint density at radius 3 is 2.48 bits per heavy atom. The molecule has 2 rings (SSSR count). The average molecular weight is 364 g/mol. The molecule has 5 heteroatoms. The zero-order valence-electron chi connectivity index (χ0n) is 15.7. The van der Waals surface area contributed by atoms with Gasteiger partial charge in [0.05, 0.1) is 18.7 Å². The molecule has 0 atom stereocenters. The highest BCUT2D eigenvalue weighted by Gasteiger charge is 2.07. The minimum atomic E-state index is -0.205. The molecule has 27 heavy (non-hydrogen) atoms. The van der Waals surface area contributed by atoms with Crippen LogP contribution < -0.4 is 15.4 Å². The molecule has 0 bridgehead atoms. The Morgan fingerprint density at radius 1 is 1.04 bits per heavy atom. The van der Waals surface area contributed by atoms with Gasteiger partial charge < -0.3 is 15.4 Å². The Morgan fingerprint density at radius 2 is 1.78 bits per heavy atom. The van der Waals surface area contributed by atoms with E-state index in [2.05, 4.69) is 29.4 Å². The predicted octanol–water partition coefficient (Wildman–Crippen LogP) is 3.01. The van der Waals surface area contributed by atoms with Crippen molar-refractivity contribution < 1.29 is 14.3 Å². The van der Waals surface area contributed by atoms with Crippen molar-refractivity contribution in [3.8, 4) is 17.6 Å². The number of amides is 2. The number of rotatable bonds is 7. The lowest BCUT2D eigenvalue weighted by molar-refractivity contribution is 0.0952. The smallest absolute Gasteiger partial charge is 0.252 e. The zero-order valence-corrected chi connectivity index (χ0v) is 15.7. The highest BCUT2D eigenvalue weighted by Crippen LogP contribution is 2.12. The van der Waals surface area contributed by atoms with Crippen molar-refractivity contribution in [3.63, 3.8) is 0 Å². The van der Waals surface area contributed by atoms with Crippen molar-refractivity contribution in [3.05, 3.63) is 65.2 Å². The van der Waals surface area contributed by atoms with Gasteiger partial charge in [-0.2, -0.15) is 0 Å². The van der Waals surface area contributed by atoms with Crippen molar-refractivity contribution >= 4 is 11.8 Å². The molecular weight excluding hydrogens is 340 g/mol. The van der Waals surface area contributed by atoms with Gasteiger partial charge in [-0.15, -0.1) is 0 Å². The van der Waals surface area contributed by atoms with E-state index in [-0.39, 0.29) is 18.4 Å². The second-order valence-electron chi connectivity index (χ2n) is 5.84. The Labute approximate surface area is 160 Å². The maximum atomic E-state index is 12.2. The number of unbranched alkanes of at least 4 members (excludes halogenated alkanes) is 1. The molecule has 0 unspecified atom stereocenters. The van der Waals surface area contributed by atoms with Crippen LogP contribution in [-0.2, 0) is 0 Å². The van der Waals surface area contributed by atoms with Crippen LogP contribution in [0.1, 0.15) is 46.0 Å². The summed E-state index contributed by atoms with van der Waals surface area (Å²) in [6.07, 6.45) is 2.08. The highest BCUT2D eigenvalue weighted by molar-refractivity contribution is 5.96. The van der Waals surface area contributed by atoms with E-state index in [1.54, 1.807) is 49.5 Å². The van der Waals surface area contributed by atoms with Crippen molar-refractivity contribution in [1.82, 2.24) is 10.6 Å². The normalized spacial score (nSPS) is 9.70. The third kappa shape index (κ3) is 6.19. The van der Waals surface area contributed by atoms with Crippen molar-refractivity contribution in [1.29, 1.82) is 0 Å². The predicted molar refractivity (Wildman–Crippen MR) is 106 cm³/mol. The van der Waals surface area contributed by atoms with Gasteiger partial charge in [-0.1, -0.05) is 37.3 Å². The number of hydrogen-bond acceptors (Lipinski definition) is 3. The number of carbonyl (C=O) groups excluding carboxylic acids is 2. The molecule has 0 saturated carbocycles. The Hall–Kier alpha value is -3.26. The summed E-state index contributed by atoms with van der Waals surface area (Å²) in [5, 5.41) is 5.34. The molecule has 0 aliphatic heterocycles. The number of carbonyl (C=O) groups is 2. The van der Waals surface area contributed by atoms with Gasteiger partial charge in [-0.25, -0.2) is 0 Å². The first-order valence-corrected chi connectivity index (χ1v) is 8.96. The van der Waals surface area contributed by atoms with Crippen LogP contribution in [-0.4, -0.2) is 32.0 Å². The fourth-order valence-electron chi connectivity index (χ4n) is 2.33. The quantitative estimate of drug-likeness (QED) is 0.586. The summed E-state index contributed by atoms with van der Waals surface area (Å²) in [5.74, 6) is 6.17. The van der Waals surface area contributed by atoms with Crippen LogP contribution in [0.15, 0.2) is 48.5 Å². The molecule has 0 saturated heterocycles. The first-order chi connectivity index (χ1) is 13.2. The van der Waals surface area contributed by atoms with E-state index < -0.39 is 0 Å². The fourth-order valence-corrected chi connectivity index (χ4v) is 2.33. The summed E-state index contributed by atoms with van der Waals surface area (Å²) in [7, 11) is 1.58. The summed E-state index contributed by atoms with van der Waals surface area (Å²) in [6.45, 7) is 2.97. The SMILES string of the molecule is CCCCOc1ccc(C(=O)NCC#Cc2ccccc2C(=O)NC)cc1. The lowest BCUT2D eigenvalue weighted by Crippen LogP contribution is -2.23. The van der Waals surface area contributed by atoms with E-state index in [1.165, 1.54) is 0 Å². The van der Waals surface area contributed by atoms with E-state index in [1.807, 2.05) is 6.07 Å². The Balaban J connectivity index is 1.90. The van der Waals surface area contributed by atoms with E-state index in [0.717, 1.165) is 18.6 Å². The highest BCUT2D eigenvalue weighted by atomic mass is 16.5. The molecule has 5 nitrogen and oxygen atoms in total. The number of hydrogen-bond donors (Lipinski definition) is 2. The van der Waals surface area contributed by atoms with Gasteiger partial charge in [0.25, 0.3) is 11.8 Å². The topological polar surface area (TPSA) is 67.4 Å². The second-order valence-corrected chi connectivity index (χ2v) is 5.84. The maximum absolute atomic E-state index is 12.2. The van der Waals surface area contributed by atoms with Crippen molar-refractivity contribution in [2.75, 3.05) is 20.2 Å². The van der Waals surface area contributed by atoms with Gasteiger partial charge in [0.15, 0.2) is 0 Å². The summed E-state index contributed by atoms with van der Waals surface area (Å²) in [4.78, 5) is 24.0. The van der Waals surface area contributed by atoms with E-state index in [0.29, 0.717) is 23.3 Å². The van der Waals surface area contributed by atoms with Gasteiger partial charge in [0.2, 0.25) is 0 Å². The first-order valence-electron chi connectivity index (χ1n) is 8.96. The van der Waals surface area contributed by atoms with Crippen LogP contribution >= 0.6 is 0 Å². The van der Waals surface area contributed by atoms with E-state index >= 15 is 0 Å². The molecule has 2 aromatic carbocycles. The molecule has 2 amide bonds. The lowest BCUT2D eigenvalue weighted by Gasteiger charge is -2.06. The van der Waals surface area contributed by atoms with Crippen LogP contribution in [0.3, 0.4) is 0 Å². The van der Waals surface area contributed by atoms with Crippen LogP contribution in [0.5, 0.6) is 5.75 Å². The van der Waals surface area contributed by atoms with Crippen LogP contribution in [0, 0.1) is 11.8 Å². The number of ether oxygens (including phenoxy) is 1. The summed E-state index contributed by atoms with van der Waals surface area (Å²) in [6, 6.07) is 14.1. The standard InChI is InChI=1S/C22H24N2O3/c1-3-4-16-27-19-13-11-18(12-14-19)21(25)24-15-7-9-17-8-5-6-10-20(17)22(26)23-2/h5-6,8,10-14H,3-4,15-16H2,1-2H3,(H,23,26)(H,24,25). The fraction of sp³-hybridized carbons (Fsp3) is 0.273. The molecular formula is C22H24N2O3. The zero-order chi connectivity index (χ0) is 19.5. The molecule has 140 valence electrons. The van der Waals surface area contributed by atoms with Gasteiger partial charge in [-0.05, 0) is 42.8 Å². The third-order valence-electron chi connectivity index (χ3n) is 3.84. The van der Waals surface area contributed by atoms with Crippen LogP contribution in [0.2, 0.25) is 0 Å². The van der Waals surface area contributed by atoms with Crippen molar-refractivity contribution in [2.45, 2.75) is 19.8 Å².